The van der Waals surface area contributed by atoms with Gasteiger partial charge in [-0.2, -0.15) is 14.6 Å². The summed E-state index contributed by atoms with van der Waals surface area (Å²) in [5, 5.41) is 11.2. The number of thiazole rings is 1. The topological polar surface area (TPSA) is 83.5 Å². The monoisotopic (exact) mass is 539 g/mol. The third-order valence-electron chi connectivity index (χ3n) is 5.84. The fraction of sp³-hybridized carbons (Fsp3) is 0.0714. The van der Waals surface area contributed by atoms with Gasteiger partial charge in [0.05, 0.1) is 29.3 Å². The minimum absolute atomic E-state index is 0.215. The van der Waals surface area contributed by atoms with E-state index in [-0.39, 0.29) is 5.56 Å². The van der Waals surface area contributed by atoms with E-state index in [1.165, 1.54) is 15.9 Å². The zero-order valence-corrected chi connectivity index (χ0v) is 22.1. The predicted molar refractivity (Wildman–Crippen MR) is 151 cm³/mol. The smallest absolute Gasteiger partial charge is 0.291 e. The lowest BCUT2D eigenvalue weighted by Gasteiger charge is -2.07. The van der Waals surface area contributed by atoms with Gasteiger partial charge >= 0.3 is 0 Å². The van der Waals surface area contributed by atoms with Gasteiger partial charge in [0.2, 0.25) is 4.96 Å². The van der Waals surface area contributed by atoms with Crippen LogP contribution in [0.1, 0.15) is 17.0 Å². The molecule has 4 aromatic heterocycles. The maximum atomic E-state index is 13.2. The molecule has 0 bridgehead atoms. The summed E-state index contributed by atoms with van der Waals surface area (Å²) in [5.74, 6) is 1.74. The molecule has 0 amide bonds. The maximum absolute atomic E-state index is 13.2. The van der Waals surface area contributed by atoms with E-state index in [0.717, 1.165) is 27.4 Å². The number of hydrogen-bond acceptors (Lipinski definition) is 8. The van der Waals surface area contributed by atoms with E-state index in [1.807, 2.05) is 89.1 Å². The molecule has 0 aliphatic carbocycles. The van der Waals surface area contributed by atoms with Crippen LogP contribution in [0, 0.1) is 0 Å². The highest BCUT2D eigenvalue weighted by Gasteiger charge is 2.14. The Balaban J connectivity index is 1.35. The molecule has 0 spiro atoms. The van der Waals surface area contributed by atoms with Crippen LogP contribution in [0.25, 0.3) is 39.4 Å². The third-order valence-corrected chi connectivity index (χ3v) is 7.67. The van der Waals surface area contributed by atoms with Crippen LogP contribution >= 0.6 is 22.7 Å². The molecule has 4 heterocycles. The molecule has 8 nitrogen and oxygen atoms in total. The molecule has 0 atom stereocenters. The maximum Gasteiger partial charge on any atom is 0.291 e. The highest BCUT2D eigenvalue weighted by molar-refractivity contribution is 7.15. The van der Waals surface area contributed by atoms with Gasteiger partial charge in [-0.1, -0.05) is 47.7 Å². The van der Waals surface area contributed by atoms with Gasteiger partial charge < -0.3 is 9.47 Å². The number of fused-ring (bicyclic) bond motifs is 1. The van der Waals surface area contributed by atoms with Crippen molar-refractivity contribution >= 4 is 45.9 Å². The summed E-state index contributed by atoms with van der Waals surface area (Å²) in [6.07, 6.45) is 7.44. The van der Waals surface area contributed by atoms with Crippen molar-refractivity contribution < 1.29 is 9.47 Å². The van der Waals surface area contributed by atoms with E-state index >= 15 is 0 Å². The number of para-hydroxylation sites is 1. The largest absolute Gasteiger partial charge is 0.493 e. The van der Waals surface area contributed by atoms with Crippen LogP contribution in [0.3, 0.4) is 0 Å². The minimum atomic E-state index is -0.215. The first kappa shape index (κ1) is 23.8. The molecule has 0 aliphatic rings. The fourth-order valence-corrected chi connectivity index (χ4v) is 5.64. The summed E-state index contributed by atoms with van der Waals surface area (Å²) in [4.78, 5) is 19.3. The van der Waals surface area contributed by atoms with Crippen molar-refractivity contribution in [2.24, 2.45) is 0 Å². The highest BCUT2D eigenvalue weighted by atomic mass is 32.1. The lowest BCUT2D eigenvalue weighted by atomic mass is 10.2. The van der Waals surface area contributed by atoms with Gasteiger partial charge in [-0.15, -0.1) is 16.4 Å². The van der Waals surface area contributed by atoms with Crippen molar-refractivity contribution in [1.29, 1.82) is 0 Å². The Hall–Kier alpha value is -4.54. The number of benzene rings is 2. The molecule has 0 saturated carbocycles. The molecule has 38 heavy (non-hydrogen) atoms. The van der Waals surface area contributed by atoms with E-state index < -0.39 is 0 Å². The molecule has 188 valence electrons. The molecular formula is C28H21N5O3S2. The second kappa shape index (κ2) is 10.1. The molecule has 0 radical (unpaired) electrons. The average molecular weight is 540 g/mol. The number of thiophene rings is 1. The summed E-state index contributed by atoms with van der Waals surface area (Å²) in [7, 11) is 3.19. The molecule has 10 heteroatoms. The van der Waals surface area contributed by atoms with Crippen LogP contribution in [0.5, 0.6) is 11.5 Å². The summed E-state index contributed by atoms with van der Waals surface area (Å²) in [6.45, 7) is 0. The summed E-state index contributed by atoms with van der Waals surface area (Å²) in [5.41, 5.74) is 3.30. The second-order valence-electron chi connectivity index (χ2n) is 8.22. The van der Waals surface area contributed by atoms with E-state index in [1.54, 1.807) is 31.6 Å². The Labute approximate surface area is 225 Å². The van der Waals surface area contributed by atoms with Gasteiger partial charge in [0, 0.05) is 11.8 Å². The Morgan fingerprint density at radius 3 is 2.50 bits per heavy atom. The van der Waals surface area contributed by atoms with Crippen molar-refractivity contribution in [1.82, 2.24) is 24.4 Å². The van der Waals surface area contributed by atoms with Gasteiger partial charge in [-0.3, -0.25) is 4.79 Å². The van der Waals surface area contributed by atoms with Crippen LogP contribution in [0.15, 0.2) is 77.0 Å². The molecule has 0 unspecified atom stereocenters. The highest BCUT2D eigenvalue weighted by Crippen LogP contribution is 2.29. The molecule has 0 saturated heterocycles. The number of hydrogen-bond donors (Lipinski definition) is 0. The van der Waals surface area contributed by atoms with Gasteiger partial charge in [0.25, 0.3) is 5.56 Å². The Bertz CT molecular complexity index is 1870. The van der Waals surface area contributed by atoms with Crippen LogP contribution in [0.2, 0.25) is 0 Å². The summed E-state index contributed by atoms with van der Waals surface area (Å²) >= 11 is 2.91. The predicted octanol–water partition coefficient (Wildman–Crippen LogP) is 4.80. The third kappa shape index (κ3) is 4.51. The summed E-state index contributed by atoms with van der Waals surface area (Å²) < 4.78 is 14.4. The standard InChI is InChI=1S/C28H21N5O3S2/c1-35-21-12-10-18(15-22(21)36-2)11-13-25-29-28-33(30-25)27(34)24(38-28)16-19-17-32(20-7-4-3-5-8-20)31-26(19)23-9-6-14-37-23/h3-17H,1-2H3/b13-11+,24-16-. The van der Waals surface area contributed by atoms with E-state index in [0.29, 0.717) is 26.8 Å². The van der Waals surface area contributed by atoms with Gasteiger partial charge in [-0.25, -0.2) is 4.68 Å². The molecule has 6 aromatic rings. The first-order valence-electron chi connectivity index (χ1n) is 11.6. The van der Waals surface area contributed by atoms with Crippen molar-refractivity contribution in [2.45, 2.75) is 0 Å². The van der Waals surface area contributed by atoms with Crippen molar-refractivity contribution in [2.75, 3.05) is 14.2 Å². The number of ether oxygens (including phenoxy) is 2. The van der Waals surface area contributed by atoms with E-state index in [9.17, 15) is 4.79 Å². The molecule has 6 rings (SSSR count). The van der Waals surface area contributed by atoms with Gasteiger partial charge in [0.15, 0.2) is 17.3 Å². The SMILES string of the molecule is COc1ccc(/C=C/c2nc3s/c(=C\c4cn(-c5ccccc5)nc4-c4cccs4)c(=O)n3n2)cc1OC. The molecular weight excluding hydrogens is 518 g/mol. The van der Waals surface area contributed by atoms with Crippen LogP contribution in [-0.2, 0) is 0 Å². The van der Waals surface area contributed by atoms with Gasteiger partial charge in [-0.05, 0) is 53.4 Å². The van der Waals surface area contributed by atoms with E-state index in [4.69, 9.17) is 14.6 Å². The lowest BCUT2D eigenvalue weighted by molar-refractivity contribution is 0.355. The number of methoxy groups -OCH3 is 2. The molecule has 0 aliphatic heterocycles. The lowest BCUT2D eigenvalue weighted by Crippen LogP contribution is -2.23. The molecule has 0 fully saturated rings. The normalized spacial score (nSPS) is 12.1. The van der Waals surface area contributed by atoms with Crippen molar-refractivity contribution in [3.8, 4) is 27.8 Å². The quantitative estimate of drug-likeness (QED) is 0.290. The Morgan fingerprint density at radius 2 is 1.76 bits per heavy atom. The second-order valence-corrected chi connectivity index (χ2v) is 10.2. The van der Waals surface area contributed by atoms with Crippen molar-refractivity contribution in [3.05, 3.63) is 104 Å². The van der Waals surface area contributed by atoms with Crippen molar-refractivity contribution in [3.63, 3.8) is 0 Å². The zero-order valence-electron chi connectivity index (χ0n) is 20.4. The fourth-order valence-electron chi connectivity index (χ4n) is 4.00. The van der Waals surface area contributed by atoms with E-state index in [2.05, 4.69) is 10.1 Å². The average Bonchev–Trinajstić information content (AvgIpc) is 3.74. The Kier molecular flexibility index (Phi) is 6.32. The van der Waals surface area contributed by atoms with Crippen LogP contribution in [0.4, 0.5) is 0 Å². The number of aromatic nitrogens is 5. The first-order chi connectivity index (χ1) is 18.6. The zero-order chi connectivity index (χ0) is 26.1. The van der Waals surface area contributed by atoms with Crippen LogP contribution < -0.4 is 19.6 Å². The Morgan fingerprint density at radius 1 is 0.921 bits per heavy atom. The first-order valence-corrected chi connectivity index (χ1v) is 13.3. The molecule has 0 N–H and O–H groups in total. The van der Waals surface area contributed by atoms with Crippen LogP contribution in [-0.4, -0.2) is 38.6 Å². The number of rotatable bonds is 7. The van der Waals surface area contributed by atoms with Gasteiger partial charge in [0.1, 0.15) is 5.69 Å². The number of nitrogens with zero attached hydrogens (tertiary/aromatic N) is 5. The minimum Gasteiger partial charge on any atom is -0.493 e. The molecule has 2 aromatic carbocycles. The summed E-state index contributed by atoms with van der Waals surface area (Å²) in [6, 6.07) is 19.5.